The molecule has 1 aromatic rings. The Labute approximate surface area is 112 Å². The van der Waals surface area contributed by atoms with Crippen molar-refractivity contribution in [2.24, 2.45) is 5.92 Å². The highest BCUT2D eigenvalue weighted by Gasteiger charge is 2.29. The van der Waals surface area contributed by atoms with Crippen molar-refractivity contribution in [3.05, 3.63) is 24.0 Å². The molecule has 1 unspecified atom stereocenters. The first-order chi connectivity index (χ1) is 8.49. The van der Waals surface area contributed by atoms with Gasteiger partial charge in [-0.15, -0.1) is 0 Å². The van der Waals surface area contributed by atoms with Crippen LogP contribution in [0.5, 0.6) is 0 Å². The van der Waals surface area contributed by atoms with Crippen LogP contribution in [0.25, 0.3) is 0 Å². The highest BCUT2D eigenvalue weighted by Crippen LogP contribution is 2.33. The average molecular weight is 248 g/mol. The van der Waals surface area contributed by atoms with Gasteiger partial charge in [-0.05, 0) is 57.7 Å². The lowest BCUT2D eigenvalue weighted by atomic mass is 9.77. The topological polar surface area (TPSA) is 19.0 Å². The zero-order valence-corrected chi connectivity index (χ0v) is 12.4. The Morgan fingerprint density at radius 1 is 1.44 bits per heavy atom. The number of nitrogens with zero attached hydrogens (tertiary/aromatic N) is 1. The van der Waals surface area contributed by atoms with Gasteiger partial charge in [0.1, 0.15) is 0 Å². The summed E-state index contributed by atoms with van der Waals surface area (Å²) in [6.07, 6.45) is 6.09. The van der Waals surface area contributed by atoms with E-state index in [0.29, 0.717) is 6.04 Å². The van der Waals surface area contributed by atoms with Crippen LogP contribution >= 0.6 is 0 Å². The van der Waals surface area contributed by atoms with E-state index in [-0.39, 0.29) is 5.41 Å². The lowest BCUT2D eigenvalue weighted by Crippen LogP contribution is -2.41. The van der Waals surface area contributed by atoms with Crippen molar-refractivity contribution < 1.29 is 0 Å². The van der Waals surface area contributed by atoms with E-state index >= 15 is 0 Å². The van der Waals surface area contributed by atoms with Gasteiger partial charge in [0.2, 0.25) is 0 Å². The Hall–Kier alpha value is -0.760. The maximum Gasteiger partial charge on any atom is 0.0204 e. The van der Waals surface area contributed by atoms with E-state index in [2.05, 4.69) is 49.7 Å². The Morgan fingerprint density at radius 2 is 2.22 bits per heavy atom. The fraction of sp³-hybridized carbons (Fsp3) is 0.750. The van der Waals surface area contributed by atoms with E-state index in [4.69, 9.17) is 0 Å². The van der Waals surface area contributed by atoms with Gasteiger partial charge >= 0.3 is 0 Å². The van der Waals surface area contributed by atoms with Crippen molar-refractivity contribution in [1.29, 1.82) is 0 Å². The Kier molecular flexibility index (Phi) is 4.16. The smallest absolute Gasteiger partial charge is 0.0204 e. The molecular formula is C16H28N2. The van der Waals surface area contributed by atoms with Crippen LogP contribution < -0.4 is 0 Å². The number of hydrogen-bond acceptors (Lipinski definition) is 1. The Bertz CT molecular complexity index is 351. The van der Waals surface area contributed by atoms with E-state index in [1.54, 1.807) is 0 Å². The number of aromatic nitrogens is 1. The van der Waals surface area contributed by atoms with E-state index in [1.165, 1.54) is 38.0 Å². The quantitative estimate of drug-likeness (QED) is 0.858. The SMILES string of the molecule is CC(C)N1CCCC(CC(C)(C)c2ccc[nH]2)C1. The molecule has 2 rings (SSSR count). The summed E-state index contributed by atoms with van der Waals surface area (Å²) in [4.78, 5) is 6.03. The maximum absolute atomic E-state index is 3.39. The summed E-state index contributed by atoms with van der Waals surface area (Å²) >= 11 is 0. The second-order valence-electron chi connectivity index (χ2n) is 6.77. The minimum absolute atomic E-state index is 0.272. The predicted octanol–water partition coefficient (Wildman–Crippen LogP) is 3.80. The van der Waals surface area contributed by atoms with E-state index < -0.39 is 0 Å². The first-order valence-corrected chi connectivity index (χ1v) is 7.37. The van der Waals surface area contributed by atoms with Crippen LogP contribution in [0.3, 0.4) is 0 Å². The number of likely N-dealkylation sites (tertiary alicyclic amines) is 1. The van der Waals surface area contributed by atoms with Crippen molar-refractivity contribution in [2.45, 2.75) is 58.4 Å². The molecule has 1 fully saturated rings. The molecular weight excluding hydrogens is 220 g/mol. The van der Waals surface area contributed by atoms with E-state index in [9.17, 15) is 0 Å². The molecule has 2 heterocycles. The summed E-state index contributed by atoms with van der Waals surface area (Å²) < 4.78 is 0. The van der Waals surface area contributed by atoms with Gasteiger partial charge in [0.05, 0.1) is 0 Å². The van der Waals surface area contributed by atoms with Crippen LogP contribution in [0.15, 0.2) is 18.3 Å². The zero-order valence-electron chi connectivity index (χ0n) is 12.4. The fourth-order valence-corrected chi connectivity index (χ4v) is 3.32. The molecule has 2 heteroatoms. The molecule has 1 aliphatic heterocycles. The third-order valence-corrected chi connectivity index (χ3v) is 4.41. The number of H-pyrrole nitrogens is 1. The molecule has 18 heavy (non-hydrogen) atoms. The van der Waals surface area contributed by atoms with Crippen molar-refractivity contribution in [3.63, 3.8) is 0 Å². The molecule has 0 radical (unpaired) electrons. The third-order valence-electron chi connectivity index (χ3n) is 4.41. The standard InChI is InChI=1S/C16H28N2/c1-13(2)18-10-6-7-14(12-18)11-16(3,4)15-8-5-9-17-15/h5,8-9,13-14,17H,6-7,10-12H2,1-4H3. The molecule has 1 aromatic heterocycles. The van der Waals surface area contributed by atoms with Crippen molar-refractivity contribution in [2.75, 3.05) is 13.1 Å². The highest BCUT2D eigenvalue weighted by molar-refractivity contribution is 5.15. The van der Waals surface area contributed by atoms with Crippen LogP contribution in [-0.4, -0.2) is 29.0 Å². The molecule has 1 atom stereocenters. The van der Waals surface area contributed by atoms with Crippen molar-refractivity contribution in [1.82, 2.24) is 9.88 Å². The minimum Gasteiger partial charge on any atom is -0.365 e. The summed E-state index contributed by atoms with van der Waals surface area (Å²) in [5.74, 6) is 0.847. The van der Waals surface area contributed by atoms with Crippen LogP contribution in [-0.2, 0) is 5.41 Å². The van der Waals surface area contributed by atoms with Crippen molar-refractivity contribution in [3.8, 4) is 0 Å². The first kappa shape index (κ1) is 13.7. The molecule has 1 saturated heterocycles. The molecule has 102 valence electrons. The van der Waals surface area contributed by atoms with Crippen LogP contribution in [0, 0.1) is 5.92 Å². The van der Waals surface area contributed by atoms with Gasteiger partial charge in [0.15, 0.2) is 0 Å². The number of nitrogens with one attached hydrogen (secondary N) is 1. The molecule has 0 saturated carbocycles. The first-order valence-electron chi connectivity index (χ1n) is 7.37. The minimum atomic E-state index is 0.272. The summed E-state index contributed by atoms with van der Waals surface area (Å²) in [7, 11) is 0. The average Bonchev–Trinajstić information content (AvgIpc) is 2.82. The van der Waals surface area contributed by atoms with Crippen LogP contribution in [0.1, 0.15) is 52.7 Å². The lowest BCUT2D eigenvalue weighted by Gasteiger charge is -2.38. The predicted molar refractivity (Wildman–Crippen MR) is 77.9 cm³/mol. The molecule has 0 spiro atoms. The summed E-state index contributed by atoms with van der Waals surface area (Å²) in [6.45, 7) is 11.9. The van der Waals surface area contributed by atoms with Gasteiger partial charge in [0.25, 0.3) is 0 Å². The largest absolute Gasteiger partial charge is 0.365 e. The van der Waals surface area contributed by atoms with Gasteiger partial charge in [-0.2, -0.15) is 0 Å². The Balaban J connectivity index is 1.96. The van der Waals surface area contributed by atoms with Gasteiger partial charge in [-0.3, -0.25) is 0 Å². The molecule has 2 nitrogen and oxygen atoms in total. The molecule has 0 bridgehead atoms. The fourth-order valence-electron chi connectivity index (χ4n) is 3.32. The summed E-state index contributed by atoms with van der Waals surface area (Å²) in [5.41, 5.74) is 1.65. The van der Waals surface area contributed by atoms with Crippen LogP contribution in [0.2, 0.25) is 0 Å². The van der Waals surface area contributed by atoms with E-state index in [0.717, 1.165) is 5.92 Å². The monoisotopic (exact) mass is 248 g/mol. The van der Waals surface area contributed by atoms with Gasteiger partial charge < -0.3 is 9.88 Å². The summed E-state index contributed by atoms with van der Waals surface area (Å²) in [5, 5.41) is 0. The third kappa shape index (κ3) is 3.17. The molecule has 1 N–H and O–H groups in total. The second-order valence-corrected chi connectivity index (χ2v) is 6.77. The number of hydrogen-bond donors (Lipinski definition) is 1. The number of piperidine rings is 1. The second kappa shape index (κ2) is 5.48. The molecule has 0 aromatic carbocycles. The van der Waals surface area contributed by atoms with Gasteiger partial charge in [-0.25, -0.2) is 0 Å². The van der Waals surface area contributed by atoms with Gasteiger partial charge in [0, 0.05) is 29.9 Å². The molecule has 0 amide bonds. The number of aromatic amines is 1. The lowest BCUT2D eigenvalue weighted by molar-refractivity contribution is 0.123. The normalized spacial score (nSPS) is 22.6. The summed E-state index contributed by atoms with van der Waals surface area (Å²) in [6, 6.07) is 5.03. The number of rotatable bonds is 4. The zero-order chi connectivity index (χ0) is 13.2. The molecule has 1 aliphatic rings. The maximum atomic E-state index is 3.39. The highest BCUT2D eigenvalue weighted by atomic mass is 15.2. The van der Waals surface area contributed by atoms with E-state index in [1.807, 2.05) is 6.20 Å². The van der Waals surface area contributed by atoms with Gasteiger partial charge in [-0.1, -0.05) is 13.8 Å². The molecule has 0 aliphatic carbocycles. The van der Waals surface area contributed by atoms with Crippen molar-refractivity contribution >= 4 is 0 Å². The van der Waals surface area contributed by atoms with Crippen LogP contribution in [0.4, 0.5) is 0 Å². The Morgan fingerprint density at radius 3 is 2.83 bits per heavy atom.